The largest absolute Gasteiger partial charge is 0.392 e. The van der Waals surface area contributed by atoms with Crippen molar-refractivity contribution in [2.24, 2.45) is 0 Å². The number of nitrogen functional groups attached to an aromatic ring is 1. The maximum absolute atomic E-state index is 10.1. The smallest absolute Gasteiger partial charge is 0.126 e. The van der Waals surface area contributed by atoms with E-state index in [4.69, 9.17) is 5.73 Å². The van der Waals surface area contributed by atoms with Crippen LogP contribution >= 0.6 is 11.8 Å². The summed E-state index contributed by atoms with van der Waals surface area (Å²) in [6.07, 6.45) is 1.78. The fourth-order valence-corrected chi connectivity index (χ4v) is 2.78. The normalized spacial score (nSPS) is 12.3. The van der Waals surface area contributed by atoms with Crippen LogP contribution in [0.15, 0.2) is 47.5 Å². The number of thioether (sulfide) groups is 1. The zero-order chi connectivity index (χ0) is 13.7. The summed E-state index contributed by atoms with van der Waals surface area (Å²) in [5, 5.41) is 10.1. The Balaban J connectivity index is 1.88. The van der Waals surface area contributed by atoms with Gasteiger partial charge in [0.2, 0.25) is 0 Å². The number of hydrogen-bond acceptors (Lipinski definition) is 4. The van der Waals surface area contributed by atoms with Crippen LogP contribution in [-0.4, -0.2) is 21.9 Å². The van der Waals surface area contributed by atoms with E-state index in [0.29, 0.717) is 18.0 Å². The first-order valence-electron chi connectivity index (χ1n) is 6.22. The average Bonchev–Trinajstić information content (AvgIpc) is 2.39. The minimum absolute atomic E-state index is 0.419. The standard InChI is InChI=1S/C15H18N2OS/c1-11-4-2-6-14(8-11)19-10-13(18)9-12-5-3-7-17-15(12)16/h2-8,13,18H,9-10H2,1H3,(H2,16,17). The van der Waals surface area contributed by atoms with Crippen molar-refractivity contribution in [2.75, 3.05) is 11.5 Å². The van der Waals surface area contributed by atoms with Crippen LogP contribution in [0.4, 0.5) is 5.82 Å². The van der Waals surface area contributed by atoms with Crippen LogP contribution < -0.4 is 5.73 Å². The molecule has 1 unspecified atom stereocenters. The minimum Gasteiger partial charge on any atom is -0.392 e. The predicted molar refractivity (Wildman–Crippen MR) is 80.3 cm³/mol. The molecule has 0 saturated heterocycles. The van der Waals surface area contributed by atoms with Crippen molar-refractivity contribution in [3.8, 4) is 0 Å². The summed E-state index contributed by atoms with van der Waals surface area (Å²) >= 11 is 1.66. The first-order valence-corrected chi connectivity index (χ1v) is 7.20. The number of rotatable bonds is 5. The number of aromatic nitrogens is 1. The van der Waals surface area contributed by atoms with Gasteiger partial charge >= 0.3 is 0 Å². The van der Waals surface area contributed by atoms with Gasteiger partial charge in [-0.1, -0.05) is 23.8 Å². The topological polar surface area (TPSA) is 59.1 Å². The highest BCUT2D eigenvalue weighted by Crippen LogP contribution is 2.21. The molecule has 0 bridgehead atoms. The van der Waals surface area contributed by atoms with Gasteiger partial charge in [0.1, 0.15) is 5.82 Å². The molecule has 1 heterocycles. The van der Waals surface area contributed by atoms with E-state index in [2.05, 4.69) is 30.1 Å². The van der Waals surface area contributed by atoms with Gasteiger partial charge in [0, 0.05) is 23.3 Å². The number of nitrogens with two attached hydrogens (primary N) is 1. The van der Waals surface area contributed by atoms with Crippen LogP contribution in [0, 0.1) is 6.92 Å². The number of pyridine rings is 1. The molecular weight excluding hydrogens is 256 g/mol. The highest BCUT2D eigenvalue weighted by molar-refractivity contribution is 7.99. The number of anilines is 1. The zero-order valence-corrected chi connectivity index (χ0v) is 11.7. The molecular formula is C15H18N2OS. The van der Waals surface area contributed by atoms with E-state index in [1.807, 2.05) is 18.2 Å². The molecule has 0 aliphatic carbocycles. The van der Waals surface area contributed by atoms with Crippen molar-refractivity contribution in [2.45, 2.75) is 24.3 Å². The van der Waals surface area contributed by atoms with Gasteiger partial charge in [-0.2, -0.15) is 0 Å². The highest BCUT2D eigenvalue weighted by atomic mass is 32.2. The number of aliphatic hydroxyl groups excluding tert-OH is 1. The van der Waals surface area contributed by atoms with Gasteiger partial charge in [0.25, 0.3) is 0 Å². The quantitative estimate of drug-likeness (QED) is 0.823. The maximum atomic E-state index is 10.1. The third-order valence-electron chi connectivity index (χ3n) is 2.81. The first-order chi connectivity index (χ1) is 9.15. The van der Waals surface area contributed by atoms with E-state index in [1.54, 1.807) is 18.0 Å². The second-order valence-corrected chi connectivity index (χ2v) is 5.63. The van der Waals surface area contributed by atoms with Gasteiger partial charge in [-0.15, -0.1) is 11.8 Å². The molecule has 100 valence electrons. The number of benzene rings is 1. The fourth-order valence-electron chi connectivity index (χ4n) is 1.83. The van der Waals surface area contributed by atoms with E-state index < -0.39 is 6.10 Å². The monoisotopic (exact) mass is 274 g/mol. The second-order valence-electron chi connectivity index (χ2n) is 4.53. The summed E-state index contributed by atoms with van der Waals surface area (Å²) in [6, 6.07) is 12.0. The van der Waals surface area contributed by atoms with E-state index in [9.17, 15) is 5.11 Å². The van der Waals surface area contributed by atoms with Gasteiger partial charge in [0.15, 0.2) is 0 Å². The molecule has 0 aliphatic rings. The molecule has 4 heteroatoms. The van der Waals surface area contributed by atoms with Gasteiger partial charge in [-0.25, -0.2) is 4.98 Å². The van der Waals surface area contributed by atoms with E-state index in [0.717, 1.165) is 5.56 Å². The Morgan fingerprint density at radius 3 is 2.89 bits per heavy atom. The fraction of sp³-hybridized carbons (Fsp3) is 0.267. The summed E-state index contributed by atoms with van der Waals surface area (Å²) in [7, 11) is 0. The molecule has 0 aliphatic heterocycles. The molecule has 2 rings (SSSR count). The first kappa shape index (κ1) is 13.9. The van der Waals surface area contributed by atoms with E-state index >= 15 is 0 Å². The lowest BCUT2D eigenvalue weighted by Gasteiger charge is -2.11. The van der Waals surface area contributed by atoms with E-state index in [-0.39, 0.29) is 0 Å². The summed E-state index contributed by atoms with van der Waals surface area (Å²) in [4.78, 5) is 5.20. The van der Waals surface area contributed by atoms with Crippen LogP contribution in [0.2, 0.25) is 0 Å². The summed E-state index contributed by atoms with van der Waals surface area (Å²) in [5.74, 6) is 1.15. The van der Waals surface area contributed by atoms with Crippen LogP contribution in [0.3, 0.4) is 0 Å². The van der Waals surface area contributed by atoms with Gasteiger partial charge in [0.05, 0.1) is 6.10 Å². The van der Waals surface area contributed by atoms with Crippen LogP contribution in [0.1, 0.15) is 11.1 Å². The van der Waals surface area contributed by atoms with Crippen molar-refractivity contribution in [3.05, 3.63) is 53.7 Å². The molecule has 3 nitrogen and oxygen atoms in total. The summed E-state index contributed by atoms with van der Waals surface area (Å²) in [6.45, 7) is 2.07. The van der Waals surface area contributed by atoms with Crippen LogP contribution in [-0.2, 0) is 6.42 Å². The molecule has 0 radical (unpaired) electrons. The number of nitrogens with zero attached hydrogens (tertiary/aromatic N) is 1. The second kappa shape index (κ2) is 6.59. The van der Waals surface area contributed by atoms with Gasteiger partial charge in [-0.3, -0.25) is 0 Å². The lowest BCUT2D eigenvalue weighted by molar-refractivity contribution is 0.200. The molecule has 0 amide bonds. The SMILES string of the molecule is Cc1cccc(SCC(O)Cc2cccnc2N)c1. The minimum atomic E-state index is -0.419. The van der Waals surface area contributed by atoms with Crippen molar-refractivity contribution < 1.29 is 5.11 Å². The van der Waals surface area contributed by atoms with Crippen molar-refractivity contribution in [1.82, 2.24) is 4.98 Å². The molecule has 1 atom stereocenters. The number of hydrogen-bond donors (Lipinski definition) is 2. The third kappa shape index (κ3) is 4.26. The molecule has 0 fully saturated rings. The molecule has 19 heavy (non-hydrogen) atoms. The lowest BCUT2D eigenvalue weighted by Crippen LogP contribution is -2.15. The lowest BCUT2D eigenvalue weighted by atomic mass is 10.1. The van der Waals surface area contributed by atoms with Crippen molar-refractivity contribution >= 4 is 17.6 Å². The predicted octanol–water partition coefficient (Wildman–Crippen LogP) is 2.67. The van der Waals surface area contributed by atoms with E-state index in [1.165, 1.54) is 10.5 Å². The Morgan fingerprint density at radius 1 is 1.32 bits per heavy atom. The molecule has 2 aromatic rings. The number of aryl methyl sites for hydroxylation is 1. The average molecular weight is 274 g/mol. The zero-order valence-electron chi connectivity index (χ0n) is 10.9. The molecule has 0 saturated carbocycles. The summed E-state index contributed by atoms with van der Waals surface area (Å²) in [5.41, 5.74) is 7.90. The Labute approximate surface area is 117 Å². The molecule has 1 aromatic heterocycles. The maximum Gasteiger partial charge on any atom is 0.126 e. The van der Waals surface area contributed by atoms with Crippen LogP contribution in [0.5, 0.6) is 0 Å². The van der Waals surface area contributed by atoms with Gasteiger partial charge < -0.3 is 10.8 Å². The molecule has 1 aromatic carbocycles. The molecule has 3 N–H and O–H groups in total. The third-order valence-corrected chi connectivity index (χ3v) is 3.95. The Hall–Kier alpha value is -1.52. The Bertz CT molecular complexity index is 545. The number of aliphatic hydroxyl groups is 1. The Morgan fingerprint density at radius 2 is 2.16 bits per heavy atom. The van der Waals surface area contributed by atoms with Crippen LogP contribution in [0.25, 0.3) is 0 Å². The van der Waals surface area contributed by atoms with Crippen molar-refractivity contribution in [3.63, 3.8) is 0 Å². The van der Waals surface area contributed by atoms with Crippen molar-refractivity contribution in [1.29, 1.82) is 0 Å². The highest BCUT2D eigenvalue weighted by Gasteiger charge is 2.09. The summed E-state index contributed by atoms with van der Waals surface area (Å²) < 4.78 is 0. The van der Waals surface area contributed by atoms with Gasteiger partial charge in [-0.05, 0) is 30.7 Å². The Kier molecular flexibility index (Phi) is 4.82. The molecule has 0 spiro atoms.